The molecule has 1 heterocycles. The molecule has 1 aliphatic rings. The van der Waals surface area contributed by atoms with Gasteiger partial charge in [-0.25, -0.2) is 13.8 Å². The Bertz CT molecular complexity index is 1240. The van der Waals surface area contributed by atoms with Crippen LogP contribution in [-0.2, 0) is 20.4 Å². The number of aryl methyl sites for hydroxylation is 2. The molecule has 0 aromatic heterocycles. The molecule has 1 unspecified atom stereocenters. The standard InChI is InChI=1S/C18H22N2OS.C4H4O4/c1-14-7-8-17(15(2)13-14)22(21)18-6-4-3-5-16(18)20-11-9-19-10-12-20;5-3(6)1-2-4(7)8/h3-8,13,19H,9-12H2,1-2H3;1-2H,(H,5,6)(H,7,8)/b;2-1+/i9D2,10D2,11D2,12D2;. The Morgan fingerprint density at radius 1 is 1.03 bits per heavy atom. The summed E-state index contributed by atoms with van der Waals surface area (Å²) in [7, 11) is -1.84. The van der Waals surface area contributed by atoms with E-state index in [0.29, 0.717) is 21.9 Å². The van der Waals surface area contributed by atoms with Gasteiger partial charge in [-0.3, -0.25) is 0 Å². The molecule has 0 saturated carbocycles. The number of aliphatic carboxylic acids is 2. The Labute approximate surface area is 189 Å². The lowest BCUT2D eigenvalue weighted by Gasteiger charge is -2.31. The van der Waals surface area contributed by atoms with Gasteiger partial charge in [-0.05, 0) is 37.6 Å². The van der Waals surface area contributed by atoms with Crippen LogP contribution in [-0.4, -0.2) is 52.3 Å². The number of nitrogens with one attached hydrogen (secondary N) is 1. The van der Waals surface area contributed by atoms with Crippen molar-refractivity contribution in [3.05, 3.63) is 65.7 Å². The average Bonchev–Trinajstić information content (AvgIpc) is 2.76. The van der Waals surface area contributed by atoms with E-state index in [9.17, 15) is 13.8 Å². The summed E-state index contributed by atoms with van der Waals surface area (Å²) in [4.78, 5) is 20.0. The molecule has 0 bridgehead atoms. The van der Waals surface area contributed by atoms with Gasteiger partial charge in [0.15, 0.2) is 0 Å². The van der Waals surface area contributed by atoms with Gasteiger partial charge in [-0.15, -0.1) is 0 Å². The third kappa shape index (κ3) is 6.82. The average molecular weight is 439 g/mol. The van der Waals surface area contributed by atoms with Crippen LogP contribution in [0.1, 0.15) is 22.1 Å². The van der Waals surface area contributed by atoms with E-state index in [2.05, 4.69) is 0 Å². The predicted octanol–water partition coefficient (Wildman–Crippen LogP) is 2.59. The van der Waals surface area contributed by atoms with Crippen LogP contribution in [0.4, 0.5) is 5.69 Å². The minimum atomic E-state index is -3.00. The first-order valence-electron chi connectivity index (χ1n) is 12.6. The van der Waals surface area contributed by atoms with Crippen LogP contribution in [0.3, 0.4) is 0 Å². The highest BCUT2D eigenvalue weighted by Gasteiger charge is 2.19. The maximum Gasteiger partial charge on any atom is 0.328 e. The zero-order valence-electron chi connectivity index (χ0n) is 24.2. The van der Waals surface area contributed by atoms with Crippen LogP contribution >= 0.6 is 0 Å². The van der Waals surface area contributed by atoms with E-state index < -0.39 is 48.7 Å². The summed E-state index contributed by atoms with van der Waals surface area (Å²) in [5.74, 6) is -2.51. The first kappa shape index (κ1) is 14.1. The molecule has 0 radical (unpaired) electrons. The molecule has 7 nitrogen and oxygen atoms in total. The third-order valence-electron chi connectivity index (χ3n) is 3.66. The molecule has 30 heavy (non-hydrogen) atoms. The fraction of sp³-hybridized carbons (Fsp3) is 0.273. The van der Waals surface area contributed by atoms with Gasteiger partial charge in [0, 0.05) is 48.5 Å². The second kappa shape index (κ2) is 11.3. The third-order valence-corrected chi connectivity index (χ3v) is 5.27. The number of piperazine rings is 1. The largest absolute Gasteiger partial charge is 0.478 e. The number of carboxylic acid groups (broad SMARTS) is 2. The second-order valence-corrected chi connectivity index (χ2v) is 7.37. The van der Waals surface area contributed by atoms with E-state index in [0.717, 1.165) is 11.1 Å². The van der Waals surface area contributed by atoms with Gasteiger partial charge < -0.3 is 20.4 Å². The van der Waals surface area contributed by atoms with Gasteiger partial charge in [0.25, 0.3) is 0 Å². The van der Waals surface area contributed by atoms with Crippen LogP contribution in [0.25, 0.3) is 0 Å². The number of benzene rings is 2. The molecular formula is C22H26N2O5S. The zero-order chi connectivity index (χ0) is 29.3. The highest BCUT2D eigenvalue weighted by molar-refractivity contribution is 7.85. The number of hydrogen-bond donors (Lipinski definition) is 3. The van der Waals surface area contributed by atoms with E-state index in [1.54, 1.807) is 25.1 Å². The van der Waals surface area contributed by atoms with Crippen molar-refractivity contribution in [3.8, 4) is 0 Å². The van der Waals surface area contributed by atoms with Crippen molar-refractivity contribution in [2.75, 3.05) is 30.9 Å². The van der Waals surface area contributed by atoms with Crippen molar-refractivity contribution in [3.63, 3.8) is 0 Å². The SMILES string of the molecule is O=C(O)/C=C/C(=O)O.[2H]C1([2H])NC([2H])([2H])C([2H])([2H])N(c2ccccc2S(=O)c2ccc(C)cc2C)C1([2H])[2H]. The number of carbonyl (C=O) groups is 2. The Balaban J connectivity index is 0.000000550. The van der Waals surface area contributed by atoms with Crippen molar-refractivity contribution in [2.45, 2.75) is 23.6 Å². The summed E-state index contributed by atoms with van der Waals surface area (Å²) < 4.78 is 78.7. The Hall–Kier alpha value is -2.97. The van der Waals surface area contributed by atoms with Crippen molar-refractivity contribution >= 4 is 28.4 Å². The quantitative estimate of drug-likeness (QED) is 0.616. The summed E-state index contributed by atoms with van der Waals surface area (Å²) in [6.07, 6.45) is 1.12. The summed E-state index contributed by atoms with van der Waals surface area (Å²) >= 11 is 0. The molecule has 0 spiro atoms. The monoisotopic (exact) mass is 438 g/mol. The molecule has 8 heteroatoms. The number of nitrogens with zero attached hydrogens (tertiary/aromatic N) is 1. The molecule has 0 amide bonds. The van der Waals surface area contributed by atoms with E-state index in [1.165, 1.54) is 18.2 Å². The fourth-order valence-electron chi connectivity index (χ4n) is 2.41. The maximum absolute atomic E-state index is 13.4. The van der Waals surface area contributed by atoms with Gasteiger partial charge in [0.2, 0.25) is 0 Å². The number of rotatable bonds is 5. The molecule has 160 valence electrons. The van der Waals surface area contributed by atoms with E-state index in [1.807, 2.05) is 18.3 Å². The number of anilines is 1. The second-order valence-electron chi connectivity index (χ2n) is 5.95. The van der Waals surface area contributed by atoms with Crippen LogP contribution < -0.4 is 10.2 Å². The van der Waals surface area contributed by atoms with E-state index in [4.69, 9.17) is 21.2 Å². The minimum absolute atomic E-state index is 0.0608. The topological polar surface area (TPSA) is 107 Å². The van der Waals surface area contributed by atoms with Gasteiger partial charge >= 0.3 is 11.9 Å². The first-order valence-corrected chi connectivity index (χ1v) is 9.73. The van der Waals surface area contributed by atoms with Crippen LogP contribution in [0.15, 0.2) is 64.4 Å². The van der Waals surface area contributed by atoms with Gasteiger partial charge in [0.05, 0.1) is 26.9 Å². The molecule has 1 fully saturated rings. The number of carboxylic acids is 2. The van der Waals surface area contributed by atoms with Crippen LogP contribution in [0, 0.1) is 13.8 Å². The van der Waals surface area contributed by atoms with Crippen molar-refractivity contribution in [1.29, 1.82) is 0 Å². The van der Waals surface area contributed by atoms with Crippen LogP contribution in [0.5, 0.6) is 0 Å². The first-order chi connectivity index (χ1) is 17.3. The molecule has 3 rings (SSSR count). The highest BCUT2D eigenvalue weighted by Crippen LogP contribution is 2.29. The summed E-state index contributed by atoms with van der Waals surface area (Å²) in [6, 6.07) is 11.1. The maximum atomic E-state index is 13.4. The molecule has 2 aromatic carbocycles. The zero-order valence-corrected chi connectivity index (χ0v) is 17.0. The molecule has 1 aliphatic heterocycles. The predicted molar refractivity (Wildman–Crippen MR) is 117 cm³/mol. The van der Waals surface area contributed by atoms with E-state index in [-0.39, 0.29) is 10.6 Å². The molecular weight excluding hydrogens is 404 g/mol. The Kier molecular flexibility index (Phi) is 5.30. The molecule has 3 N–H and O–H groups in total. The van der Waals surface area contributed by atoms with E-state index >= 15 is 0 Å². The van der Waals surface area contributed by atoms with Crippen molar-refractivity contribution in [2.24, 2.45) is 0 Å². The Morgan fingerprint density at radius 3 is 2.20 bits per heavy atom. The summed E-state index contributed by atoms with van der Waals surface area (Å²) in [5.41, 5.74) is 1.53. The summed E-state index contributed by atoms with van der Waals surface area (Å²) in [6.45, 7) is -8.19. The normalized spacial score (nSPS) is 25.3. The number of para-hydroxylation sites is 1. The van der Waals surface area contributed by atoms with Crippen molar-refractivity contribution < 1.29 is 35.0 Å². The minimum Gasteiger partial charge on any atom is -0.478 e. The summed E-state index contributed by atoms with van der Waals surface area (Å²) in [5, 5.41) is 17.4. The lowest BCUT2D eigenvalue weighted by atomic mass is 10.2. The number of hydrogen-bond acceptors (Lipinski definition) is 5. The lowest BCUT2D eigenvalue weighted by Crippen LogP contribution is -2.43. The van der Waals surface area contributed by atoms with Crippen LogP contribution in [0.2, 0.25) is 0 Å². The fourth-order valence-corrected chi connectivity index (χ4v) is 3.75. The molecule has 0 aliphatic carbocycles. The molecule has 2 aromatic rings. The molecule has 1 saturated heterocycles. The smallest absolute Gasteiger partial charge is 0.328 e. The Morgan fingerprint density at radius 2 is 1.63 bits per heavy atom. The van der Waals surface area contributed by atoms with Gasteiger partial charge in [-0.2, -0.15) is 0 Å². The van der Waals surface area contributed by atoms with Gasteiger partial charge in [0.1, 0.15) is 0 Å². The molecule has 1 atom stereocenters. The van der Waals surface area contributed by atoms with Crippen molar-refractivity contribution in [1.82, 2.24) is 5.32 Å². The highest BCUT2D eigenvalue weighted by atomic mass is 32.2. The lowest BCUT2D eigenvalue weighted by molar-refractivity contribution is -0.134. The van der Waals surface area contributed by atoms with Gasteiger partial charge in [-0.1, -0.05) is 29.8 Å².